The summed E-state index contributed by atoms with van der Waals surface area (Å²) in [7, 11) is -3.44. The maximum Gasteiger partial charge on any atom is 0.243 e. The molecule has 0 heterocycles. The first-order valence-corrected chi connectivity index (χ1v) is 8.71. The SMILES string of the molecule is CCCCN(C1CC1)S(=O)(=O)c1c(C)ccc(N)c1C. The molecule has 4 nitrogen and oxygen atoms in total. The molecule has 0 aromatic heterocycles. The highest BCUT2D eigenvalue weighted by Crippen LogP contribution is 2.35. The van der Waals surface area contributed by atoms with Crippen molar-refractivity contribution in [2.24, 2.45) is 0 Å². The summed E-state index contributed by atoms with van der Waals surface area (Å²) in [6.45, 7) is 6.32. The fourth-order valence-corrected chi connectivity index (χ4v) is 4.72. The van der Waals surface area contributed by atoms with Crippen LogP contribution in [0.5, 0.6) is 0 Å². The van der Waals surface area contributed by atoms with Gasteiger partial charge in [-0.05, 0) is 50.3 Å². The summed E-state index contributed by atoms with van der Waals surface area (Å²) in [5, 5.41) is 0. The Balaban J connectivity index is 2.45. The number of nitrogens with two attached hydrogens (primary N) is 1. The normalized spacial score (nSPS) is 15.8. The van der Waals surface area contributed by atoms with Gasteiger partial charge in [-0.15, -0.1) is 0 Å². The third-order valence-electron chi connectivity index (χ3n) is 3.90. The van der Waals surface area contributed by atoms with Crippen LogP contribution in [0, 0.1) is 13.8 Å². The van der Waals surface area contributed by atoms with Gasteiger partial charge in [0.15, 0.2) is 0 Å². The number of aryl methyl sites for hydroxylation is 1. The van der Waals surface area contributed by atoms with Crippen LogP contribution in [0.3, 0.4) is 0 Å². The fourth-order valence-electron chi connectivity index (χ4n) is 2.53. The molecule has 0 bridgehead atoms. The van der Waals surface area contributed by atoms with E-state index >= 15 is 0 Å². The van der Waals surface area contributed by atoms with Gasteiger partial charge in [-0.1, -0.05) is 19.4 Å². The minimum Gasteiger partial charge on any atom is -0.398 e. The molecular formula is C15H24N2O2S. The Morgan fingerprint density at radius 1 is 1.30 bits per heavy atom. The highest BCUT2D eigenvalue weighted by Gasteiger charge is 2.38. The highest BCUT2D eigenvalue weighted by molar-refractivity contribution is 7.89. The van der Waals surface area contributed by atoms with E-state index in [2.05, 4.69) is 6.92 Å². The molecule has 1 aromatic carbocycles. The summed E-state index contributed by atoms with van der Waals surface area (Å²) in [6, 6.07) is 3.75. The molecule has 1 aromatic rings. The molecule has 0 atom stereocenters. The van der Waals surface area contributed by atoms with Gasteiger partial charge in [-0.2, -0.15) is 4.31 Å². The van der Waals surface area contributed by atoms with Gasteiger partial charge in [0.05, 0.1) is 4.90 Å². The lowest BCUT2D eigenvalue weighted by molar-refractivity contribution is 0.395. The van der Waals surface area contributed by atoms with E-state index in [1.165, 1.54) is 0 Å². The number of nitrogens with zero attached hydrogens (tertiary/aromatic N) is 1. The maximum atomic E-state index is 13.0. The van der Waals surface area contributed by atoms with Crippen molar-refractivity contribution in [3.8, 4) is 0 Å². The number of rotatable bonds is 6. The first-order valence-electron chi connectivity index (χ1n) is 7.27. The van der Waals surface area contributed by atoms with Crippen molar-refractivity contribution in [3.05, 3.63) is 23.3 Å². The Morgan fingerprint density at radius 2 is 1.95 bits per heavy atom. The van der Waals surface area contributed by atoms with Crippen molar-refractivity contribution in [1.82, 2.24) is 4.31 Å². The summed E-state index contributed by atoms with van der Waals surface area (Å²) >= 11 is 0. The lowest BCUT2D eigenvalue weighted by Crippen LogP contribution is -2.35. The molecule has 5 heteroatoms. The van der Waals surface area contributed by atoms with Crippen molar-refractivity contribution in [1.29, 1.82) is 0 Å². The van der Waals surface area contributed by atoms with Crippen molar-refractivity contribution in [2.45, 2.75) is 57.4 Å². The van der Waals surface area contributed by atoms with E-state index in [1.807, 2.05) is 6.92 Å². The van der Waals surface area contributed by atoms with Gasteiger partial charge in [0, 0.05) is 18.3 Å². The van der Waals surface area contributed by atoms with Gasteiger partial charge in [0.2, 0.25) is 10.0 Å². The van der Waals surface area contributed by atoms with Gasteiger partial charge in [-0.3, -0.25) is 0 Å². The number of benzene rings is 1. The number of hydrogen-bond donors (Lipinski definition) is 1. The first kappa shape index (κ1) is 15.3. The van der Waals surface area contributed by atoms with E-state index < -0.39 is 10.0 Å². The van der Waals surface area contributed by atoms with Gasteiger partial charge in [0.25, 0.3) is 0 Å². The van der Waals surface area contributed by atoms with Crippen LogP contribution in [0.25, 0.3) is 0 Å². The number of unbranched alkanes of at least 4 members (excludes halogenated alkanes) is 1. The second kappa shape index (κ2) is 5.74. The molecule has 0 aliphatic heterocycles. The fraction of sp³-hybridized carbons (Fsp3) is 0.600. The second-order valence-corrected chi connectivity index (χ2v) is 7.45. The summed E-state index contributed by atoms with van der Waals surface area (Å²) in [6.07, 6.45) is 3.84. The molecule has 0 spiro atoms. The van der Waals surface area contributed by atoms with Crippen LogP contribution in [0.15, 0.2) is 17.0 Å². The van der Waals surface area contributed by atoms with Crippen molar-refractivity contribution in [3.63, 3.8) is 0 Å². The molecule has 1 fully saturated rings. The molecule has 0 amide bonds. The van der Waals surface area contributed by atoms with Gasteiger partial charge >= 0.3 is 0 Å². The number of nitrogen functional groups attached to an aromatic ring is 1. The van der Waals surface area contributed by atoms with Crippen LogP contribution >= 0.6 is 0 Å². The molecule has 20 heavy (non-hydrogen) atoms. The molecule has 0 unspecified atom stereocenters. The van der Waals surface area contributed by atoms with Crippen molar-refractivity contribution < 1.29 is 8.42 Å². The molecular weight excluding hydrogens is 272 g/mol. The Labute approximate surface area is 122 Å². The Kier molecular flexibility index (Phi) is 4.39. The second-order valence-electron chi connectivity index (χ2n) is 5.63. The Bertz CT molecular complexity index is 592. The third kappa shape index (κ3) is 2.83. The first-order chi connectivity index (χ1) is 9.39. The smallest absolute Gasteiger partial charge is 0.243 e. The van der Waals surface area contributed by atoms with Crippen LogP contribution in [0.2, 0.25) is 0 Å². The monoisotopic (exact) mass is 296 g/mol. The Morgan fingerprint density at radius 3 is 2.50 bits per heavy atom. The van der Waals surface area contributed by atoms with Crippen molar-refractivity contribution >= 4 is 15.7 Å². The number of sulfonamides is 1. The molecule has 112 valence electrons. The summed E-state index contributed by atoms with van der Waals surface area (Å²) in [5.41, 5.74) is 7.89. The van der Waals surface area contributed by atoms with Crippen LogP contribution in [-0.2, 0) is 10.0 Å². The van der Waals surface area contributed by atoms with Gasteiger partial charge in [-0.25, -0.2) is 8.42 Å². The third-order valence-corrected chi connectivity index (χ3v) is 6.14. The predicted octanol–water partition coefficient (Wildman–Crippen LogP) is 2.84. The maximum absolute atomic E-state index is 13.0. The molecule has 1 aliphatic carbocycles. The van der Waals surface area contributed by atoms with E-state index in [9.17, 15) is 8.42 Å². The molecule has 0 radical (unpaired) electrons. The molecule has 1 saturated carbocycles. The van der Waals surface area contributed by atoms with Crippen LogP contribution in [-0.4, -0.2) is 25.3 Å². The largest absolute Gasteiger partial charge is 0.398 e. The van der Waals surface area contributed by atoms with Crippen LogP contribution in [0.4, 0.5) is 5.69 Å². The van der Waals surface area contributed by atoms with E-state index in [0.29, 0.717) is 22.7 Å². The van der Waals surface area contributed by atoms with Gasteiger partial charge in [0.1, 0.15) is 0 Å². The van der Waals surface area contributed by atoms with E-state index in [-0.39, 0.29) is 6.04 Å². The average Bonchev–Trinajstić information content (AvgIpc) is 3.19. The van der Waals surface area contributed by atoms with E-state index in [0.717, 1.165) is 31.2 Å². The predicted molar refractivity (Wildman–Crippen MR) is 82.2 cm³/mol. The molecule has 0 saturated heterocycles. The van der Waals surface area contributed by atoms with Gasteiger partial charge < -0.3 is 5.73 Å². The zero-order chi connectivity index (χ0) is 14.9. The van der Waals surface area contributed by atoms with E-state index in [4.69, 9.17) is 5.73 Å². The van der Waals surface area contributed by atoms with Crippen LogP contribution < -0.4 is 5.73 Å². The topological polar surface area (TPSA) is 63.4 Å². The molecule has 2 rings (SSSR count). The molecule has 2 N–H and O–H groups in total. The summed E-state index contributed by atoms with van der Waals surface area (Å²) in [4.78, 5) is 0.403. The minimum atomic E-state index is -3.44. The Hall–Kier alpha value is -1.07. The standard InChI is InChI=1S/C15H24N2O2S/c1-4-5-10-17(13-7-8-13)20(18,19)15-11(2)6-9-14(16)12(15)3/h6,9,13H,4-5,7-8,10,16H2,1-3H3. The highest BCUT2D eigenvalue weighted by atomic mass is 32.2. The molecule has 1 aliphatic rings. The zero-order valence-electron chi connectivity index (χ0n) is 12.5. The minimum absolute atomic E-state index is 0.187. The summed E-state index contributed by atoms with van der Waals surface area (Å²) < 4.78 is 27.7. The van der Waals surface area contributed by atoms with Crippen LogP contribution in [0.1, 0.15) is 43.7 Å². The lowest BCUT2D eigenvalue weighted by Gasteiger charge is -2.24. The number of anilines is 1. The van der Waals surface area contributed by atoms with E-state index in [1.54, 1.807) is 23.4 Å². The average molecular weight is 296 g/mol. The lowest BCUT2D eigenvalue weighted by atomic mass is 10.1. The number of hydrogen-bond acceptors (Lipinski definition) is 3. The summed E-state index contributed by atoms with van der Waals surface area (Å²) in [5.74, 6) is 0. The quantitative estimate of drug-likeness (QED) is 0.821. The zero-order valence-corrected chi connectivity index (χ0v) is 13.3. The van der Waals surface area contributed by atoms with Crippen molar-refractivity contribution in [2.75, 3.05) is 12.3 Å².